The number of para-hydroxylation sites is 1. The summed E-state index contributed by atoms with van der Waals surface area (Å²) in [6.07, 6.45) is 1.76. The smallest absolute Gasteiger partial charge is 0.344 e. The van der Waals surface area contributed by atoms with E-state index in [4.69, 9.17) is 9.47 Å². The van der Waals surface area contributed by atoms with Gasteiger partial charge in [0.05, 0.1) is 23.4 Å². The van der Waals surface area contributed by atoms with Crippen LogP contribution >= 0.6 is 0 Å². The molecule has 4 aromatic rings. The number of fused-ring (bicyclic) bond motifs is 1. The standard InChI is InChI=1S/C28H24F2N2O4/c1-4-35-28(34)23-25(31-15(3)22(26(23)33)16-9-10-16)18-13-17-7-5-6-8-20(17)32-27(18)36-21-12-11-19(29)24(30)14(21)2/h5-8,11-13,16H,4,9-10H2,1-3H3,(H,31,33). The number of aryl methyl sites for hydroxylation is 1. The Morgan fingerprint density at radius 3 is 2.61 bits per heavy atom. The highest BCUT2D eigenvalue weighted by Gasteiger charge is 2.33. The fourth-order valence-electron chi connectivity index (χ4n) is 4.40. The van der Waals surface area contributed by atoms with Crippen LogP contribution in [-0.2, 0) is 4.74 Å². The lowest BCUT2D eigenvalue weighted by atomic mass is 9.99. The first-order valence-electron chi connectivity index (χ1n) is 11.8. The average molecular weight is 491 g/mol. The number of aromatic amines is 1. The summed E-state index contributed by atoms with van der Waals surface area (Å²) in [5.74, 6) is -2.58. The summed E-state index contributed by atoms with van der Waals surface area (Å²) in [6.45, 7) is 4.95. The van der Waals surface area contributed by atoms with Crippen LogP contribution in [0.15, 0.2) is 47.3 Å². The maximum Gasteiger partial charge on any atom is 0.344 e. The van der Waals surface area contributed by atoms with Crippen molar-refractivity contribution in [1.29, 1.82) is 0 Å². The van der Waals surface area contributed by atoms with Crippen molar-refractivity contribution in [3.05, 3.63) is 86.7 Å². The molecule has 2 aromatic carbocycles. The van der Waals surface area contributed by atoms with Crippen molar-refractivity contribution < 1.29 is 23.0 Å². The van der Waals surface area contributed by atoms with E-state index in [9.17, 15) is 18.4 Å². The van der Waals surface area contributed by atoms with Crippen LogP contribution in [0.2, 0.25) is 0 Å². The Morgan fingerprint density at radius 1 is 1.14 bits per heavy atom. The molecule has 2 aromatic heterocycles. The molecule has 2 heterocycles. The molecule has 0 atom stereocenters. The number of nitrogens with one attached hydrogen (secondary N) is 1. The summed E-state index contributed by atoms with van der Waals surface area (Å²) in [5.41, 5.74) is 1.79. The van der Waals surface area contributed by atoms with Gasteiger partial charge in [-0.25, -0.2) is 18.6 Å². The van der Waals surface area contributed by atoms with E-state index in [0.717, 1.165) is 24.3 Å². The topological polar surface area (TPSA) is 81.3 Å². The third-order valence-electron chi connectivity index (χ3n) is 6.36. The zero-order chi connectivity index (χ0) is 25.6. The van der Waals surface area contributed by atoms with Gasteiger partial charge in [-0.05, 0) is 63.8 Å². The first-order chi connectivity index (χ1) is 17.3. The fraction of sp³-hybridized carbons (Fsp3) is 0.250. The minimum absolute atomic E-state index is 0.0302. The maximum atomic E-state index is 14.3. The molecular formula is C28H24F2N2O4. The Bertz CT molecular complexity index is 1570. The van der Waals surface area contributed by atoms with Crippen LogP contribution in [0.25, 0.3) is 22.2 Å². The molecule has 5 rings (SSSR count). The lowest BCUT2D eigenvalue weighted by Gasteiger charge is -2.17. The van der Waals surface area contributed by atoms with Crippen molar-refractivity contribution >= 4 is 16.9 Å². The van der Waals surface area contributed by atoms with E-state index in [0.29, 0.717) is 22.3 Å². The molecule has 0 spiro atoms. The Morgan fingerprint density at radius 2 is 1.89 bits per heavy atom. The maximum absolute atomic E-state index is 14.3. The minimum Gasteiger partial charge on any atom is -0.462 e. The van der Waals surface area contributed by atoms with E-state index >= 15 is 0 Å². The highest BCUT2D eigenvalue weighted by molar-refractivity contribution is 5.98. The molecular weight excluding hydrogens is 466 g/mol. The van der Waals surface area contributed by atoms with Crippen molar-refractivity contribution in [2.45, 2.75) is 39.5 Å². The van der Waals surface area contributed by atoms with Crippen molar-refractivity contribution in [3.8, 4) is 22.9 Å². The molecule has 1 N–H and O–H groups in total. The Labute approximate surface area is 205 Å². The minimum atomic E-state index is -1.03. The van der Waals surface area contributed by atoms with Crippen LogP contribution in [-0.4, -0.2) is 22.5 Å². The van der Waals surface area contributed by atoms with Crippen molar-refractivity contribution in [2.24, 2.45) is 0 Å². The number of aromatic nitrogens is 2. The molecule has 1 aliphatic rings. The van der Waals surface area contributed by atoms with E-state index in [1.54, 1.807) is 26.0 Å². The molecule has 0 aliphatic heterocycles. The zero-order valence-electron chi connectivity index (χ0n) is 20.1. The van der Waals surface area contributed by atoms with E-state index in [1.807, 2.05) is 18.2 Å². The monoisotopic (exact) mass is 490 g/mol. The normalized spacial score (nSPS) is 13.1. The van der Waals surface area contributed by atoms with Crippen LogP contribution in [0.1, 0.15) is 52.9 Å². The van der Waals surface area contributed by atoms with Gasteiger partial charge in [0, 0.05) is 22.2 Å². The van der Waals surface area contributed by atoms with Crippen LogP contribution in [0.3, 0.4) is 0 Å². The summed E-state index contributed by atoms with van der Waals surface area (Å²) in [7, 11) is 0. The number of nitrogens with zero attached hydrogens (tertiary/aromatic N) is 1. The van der Waals surface area contributed by atoms with Gasteiger partial charge >= 0.3 is 5.97 Å². The number of hydrogen-bond acceptors (Lipinski definition) is 5. The number of esters is 1. The third kappa shape index (κ3) is 4.12. The molecule has 1 aliphatic carbocycles. The van der Waals surface area contributed by atoms with Crippen LogP contribution in [0.5, 0.6) is 11.6 Å². The number of pyridine rings is 2. The van der Waals surface area contributed by atoms with E-state index in [1.165, 1.54) is 13.0 Å². The number of rotatable bonds is 6. The number of halogens is 2. The number of benzene rings is 2. The molecule has 6 nitrogen and oxygen atoms in total. The molecule has 0 bridgehead atoms. The van der Waals surface area contributed by atoms with Gasteiger partial charge in [-0.3, -0.25) is 4.79 Å². The summed E-state index contributed by atoms with van der Waals surface area (Å²) in [4.78, 5) is 34.5. The Balaban J connectivity index is 1.78. The van der Waals surface area contributed by atoms with Gasteiger partial charge in [0.1, 0.15) is 11.3 Å². The Hall–Kier alpha value is -4.07. The highest BCUT2D eigenvalue weighted by Crippen LogP contribution is 2.42. The van der Waals surface area contributed by atoms with Crippen molar-refractivity contribution in [2.75, 3.05) is 6.61 Å². The first kappa shape index (κ1) is 23.7. The van der Waals surface area contributed by atoms with Gasteiger partial charge in [0.2, 0.25) is 5.88 Å². The number of carbonyl (C=O) groups is 1. The molecule has 1 saturated carbocycles. The average Bonchev–Trinajstić information content (AvgIpc) is 3.69. The second-order valence-corrected chi connectivity index (χ2v) is 8.86. The van der Waals surface area contributed by atoms with Crippen molar-refractivity contribution in [3.63, 3.8) is 0 Å². The molecule has 0 amide bonds. The molecule has 36 heavy (non-hydrogen) atoms. The first-order valence-corrected chi connectivity index (χ1v) is 11.8. The molecule has 0 unspecified atom stereocenters. The van der Waals surface area contributed by atoms with Gasteiger partial charge < -0.3 is 14.5 Å². The summed E-state index contributed by atoms with van der Waals surface area (Å²) in [6, 6.07) is 11.3. The van der Waals surface area contributed by atoms with Gasteiger partial charge in [0.25, 0.3) is 0 Å². The SMILES string of the molecule is CCOC(=O)c1c(-c2cc3ccccc3nc2Oc2ccc(F)c(F)c2C)[nH]c(C)c(C2CC2)c1=O. The van der Waals surface area contributed by atoms with Crippen LogP contribution in [0, 0.1) is 25.5 Å². The summed E-state index contributed by atoms with van der Waals surface area (Å²) < 4.78 is 39.3. The number of H-pyrrole nitrogens is 1. The fourth-order valence-corrected chi connectivity index (χ4v) is 4.40. The molecule has 184 valence electrons. The molecule has 0 saturated heterocycles. The van der Waals surface area contributed by atoms with E-state index in [-0.39, 0.29) is 46.4 Å². The number of hydrogen-bond donors (Lipinski definition) is 1. The van der Waals surface area contributed by atoms with Gasteiger partial charge in [-0.15, -0.1) is 0 Å². The summed E-state index contributed by atoms with van der Waals surface area (Å²) >= 11 is 0. The third-order valence-corrected chi connectivity index (χ3v) is 6.36. The molecule has 8 heteroatoms. The van der Waals surface area contributed by atoms with Gasteiger partial charge in [0.15, 0.2) is 17.1 Å². The van der Waals surface area contributed by atoms with Crippen molar-refractivity contribution in [1.82, 2.24) is 9.97 Å². The number of carbonyl (C=O) groups excluding carboxylic acids is 1. The van der Waals surface area contributed by atoms with Gasteiger partial charge in [-0.1, -0.05) is 18.2 Å². The van der Waals surface area contributed by atoms with Crippen LogP contribution in [0.4, 0.5) is 8.78 Å². The second kappa shape index (κ2) is 9.18. The summed E-state index contributed by atoms with van der Waals surface area (Å²) in [5, 5.41) is 0.737. The molecule has 1 fully saturated rings. The van der Waals surface area contributed by atoms with Crippen LogP contribution < -0.4 is 10.2 Å². The zero-order valence-corrected chi connectivity index (χ0v) is 20.1. The Kier molecular flexibility index (Phi) is 6.04. The predicted octanol–water partition coefficient (Wildman–Crippen LogP) is 6.33. The highest BCUT2D eigenvalue weighted by atomic mass is 19.2. The molecule has 0 radical (unpaired) electrons. The second-order valence-electron chi connectivity index (χ2n) is 8.86. The predicted molar refractivity (Wildman–Crippen MR) is 132 cm³/mol. The van der Waals surface area contributed by atoms with Gasteiger partial charge in [-0.2, -0.15) is 0 Å². The van der Waals surface area contributed by atoms with E-state index in [2.05, 4.69) is 9.97 Å². The largest absolute Gasteiger partial charge is 0.462 e. The lowest BCUT2D eigenvalue weighted by molar-refractivity contribution is 0.0525. The quantitative estimate of drug-likeness (QED) is 0.319. The number of ether oxygens (including phenoxy) is 2. The lowest BCUT2D eigenvalue weighted by Crippen LogP contribution is -2.24. The van der Waals surface area contributed by atoms with E-state index < -0.39 is 17.6 Å².